The van der Waals surface area contributed by atoms with Gasteiger partial charge in [0, 0.05) is 38.4 Å². The van der Waals surface area contributed by atoms with E-state index in [2.05, 4.69) is 4.98 Å². The van der Waals surface area contributed by atoms with Crippen LogP contribution in [0.15, 0.2) is 12.4 Å². The third-order valence-electron chi connectivity index (χ3n) is 4.32. The van der Waals surface area contributed by atoms with Crippen molar-refractivity contribution in [2.24, 2.45) is 18.7 Å². The smallest absolute Gasteiger partial charge is 0.374 e. The number of carbonyl (C=O) groups excluding carboxylic acids is 2. The molecule has 0 bridgehead atoms. The highest BCUT2D eigenvalue weighted by atomic mass is 19.4. The Morgan fingerprint density at radius 3 is 2.38 bits per heavy atom. The first-order chi connectivity index (χ1) is 11.1. The van der Waals surface area contributed by atoms with Crippen LogP contribution in [-0.2, 0) is 22.2 Å². The molecule has 1 aromatic heterocycles. The van der Waals surface area contributed by atoms with Crippen molar-refractivity contribution in [3.8, 4) is 0 Å². The van der Waals surface area contributed by atoms with E-state index < -0.39 is 35.8 Å². The summed E-state index contributed by atoms with van der Waals surface area (Å²) >= 11 is 0. The highest BCUT2D eigenvalue weighted by Crippen LogP contribution is 2.41. The van der Waals surface area contributed by atoms with E-state index in [4.69, 9.17) is 5.73 Å². The molecule has 1 unspecified atom stereocenters. The lowest BCUT2D eigenvalue weighted by Crippen LogP contribution is -2.50. The molecule has 3 N–H and O–H groups in total. The van der Waals surface area contributed by atoms with Gasteiger partial charge in [0.1, 0.15) is 0 Å². The van der Waals surface area contributed by atoms with E-state index in [-0.39, 0.29) is 19.0 Å². The number of piperidine rings is 1. The zero-order valence-electron chi connectivity index (χ0n) is 13.1. The van der Waals surface area contributed by atoms with E-state index in [1.807, 2.05) is 0 Å². The summed E-state index contributed by atoms with van der Waals surface area (Å²) in [5.74, 6) is -2.36. The van der Waals surface area contributed by atoms with Crippen molar-refractivity contribution in [2.75, 3.05) is 13.1 Å². The lowest BCUT2D eigenvalue weighted by atomic mass is 9.93. The summed E-state index contributed by atoms with van der Waals surface area (Å²) in [7, 11) is 1.31. The molecular weight excluding hydrogens is 329 g/mol. The first-order valence-corrected chi connectivity index (χ1v) is 7.40. The van der Waals surface area contributed by atoms with Gasteiger partial charge in [0.05, 0.1) is 6.42 Å². The highest BCUT2D eigenvalue weighted by Gasteiger charge is 2.59. The van der Waals surface area contributed by atoms with Gasteiger partial charge in [-0.15, -0.1) is 0 Å². The Bertz CT molecular complexity index is 623. The minimum atomic E-state index is -5.06. The number of hydrogen-bond donors (Lipinski definition) is 2. The number of nitrogens with two attached hydrogens (primary N) is 1. The average molecular weight is 348 g/mol. The van der Waals surface area contributed by atoms with Crippen molar-refractivity contribution in [2.45, 2.75) is 31.0 Å². The molecule has 24 heavy (non-hydrogen) atoms. The molecule has 1 fully saturated rings. The number of halogens is 3. The van der Waals surface area contributed by atoms with Crippen molar-refractivity contribution < 1.29 is 27.9 Å². The molecule has 1 atom stereocenters. The Morgan fingerprint density at radius 2 is 1.96 bits per heavy atom. The van der Waals surface area contributed by atoms with E-state index in [0.717, 1.165) is 10.8 Å². The van der Waals surface area contributed by atoms with Crippen molar-refractivity contribution >= 4 is 11.8 Å². The molecule has 1 saturated heterocycles. The van der Waals surface area contributed by atoms with Crippen LogP contribution in [0, 0.1) is 5.92 Å². The Morgan fingerprint density at radius 1 is 1.38 bits per heavy atom. The van der Waals surface area contributed by atoms with Gasteiger partial charge in [-0.1, -0.05) is 0 Å². The maximum Gasteiger partial charge on any atom is 0.425 e. The number of aromatic nitrogens is 2. The quantitative estimate of drug-likeness (QED) is 0.816. The molecule has 1 aromatic rings. The lowest BCUT2D eigenvalue weighted by Gasteiger charge is -2.34. The van der Waals surface area contributed by atoms with Crippen LogP contribution in [0.2, 0.25) is 0 Å². The number of aliphatic hydroxyl groups is 1. The van der Waals surface area contributed by atoms with Gasteiger partial charge in [0.2, 0.25) is 17.4 Å². The van der Waals surface area contributed by atoms with Crippen molar-refractivity contribution in [1.82, 2.24) is 14.5 Å². The number of alkyl halides is 3. The van der Waals surface area contributed by atoms with E-state index >= 15 is 0 Å². The van der Waals surface area contributed by atoms with Crippen LogP contribution in [-0.4, -0.2) is 50.6 Å². The Labute approximate surface area is 136 Å². The Kier molecular flexibility index (Phi) is 4.88. The fraction of sp³-hybridized carbons (Fsp3) is 0.643. The molecule has 0 aromatic carbocycles. The second-order valence-corrected chi connectivity index (χ2v) is 5.95. The zero-order valence-corrected chi connectivity index (χ0v) is 13.1. The number of primary amides is 1. The average Bonchev–Trinajstić information content (AvgIpc) is 2.92. The summed E-state index contributed by atoms with van der Waals surface area (Å²) in [6.07, 6.45) is -3.25. The standard InChI is InChI=1S/C14H19F3N4O3/c1-20-7-4-19-12(20)13(24,14(15,16)17)8-10(22)21-5-2-9(3-6-21)11(18)23/h4,7,9,24H,2-3,5-6,8H2,1H3,(H2,18,23). The number of imidazole rings is 1. The Hall–Kier alpha value is -2.10. The molecule has 10 heteroatoms. The van der Waals surface area contributed by atoms with Crippen molar-refractivity contribution in [3.63, 3.8) is 0 Å². The summed E-state index contributed by atoms with van der Waals surface area (Å²) in [6.45, 7) is 0.252. The third kappa shape index (κ3) is 3.37. The molecule has 1 aliphatic rings. The van der Waals surface area contributed by atoms with E-state index in [1.54, 1.807) is 0 Å². The number of amides is 2. The monoisotopic (exact) mass is 348 g/mol. The second-order valence-electron chi connectivity index (χ2n) is 5.95. The van der Waals surface area contributed by atoms with Crippen LogP contribution in [0.3, 0.4) is 0 Å². The molecule has 2 amide bonds. The molecule has 0 aliphatic carbocycles. The summed E-state index contributed by atoms with van der Waals surface area (Å²) in [5, 5.41) is 10.2. The van der Waals surface area contributed by atoms with Gasteiger partial charge in [-0.2, -0.15) is 13.2 Å². The van der Waals surface area contributed by atoms with Crippen LogP contribution in [0.5, 0.6) is 0 Å². The van der Waals surface area contributed by atoms with Gasteiger partial charge >= 0.3 is 6.18 Å². The molecule has 0 spiro atoms. The summed E-state index contributed by atoms with van der Waals surface area (Å²) in [4.78, 5) is 28.1. The Balaban J connectivity index is 2.15. The molecule has 0 saturated carbocycles. The van der Waals surface area contributed by atoms with Gasteiger partial charge < -0.3 is 20.3 Å². The maximum atomic E-state index is 13.4. The largest absolute Gasteiger partial charge is 0.425 e. The van der Waals surface area contributed by atoms with Crippen molar-refractivity contribution in [3.05, 3.63) is 18.2 Å². The molecule has 2 rings (SSSR count). The number of carbonyl (C=O) groups is 2. The molecule has 134 valence electrons. The minimum absolute atomic E-state index is 0.126. The molecule has 2 heterocycles. The van der Waals surface area contributed by atoms with Crippen LogP contribution in [0.4, 0.5) is 13.2 Å². The maximum absolute atomic E-state index is 13.4. The SMILES string of the molecule is Cn1ccnc1C(O)(CC(=O)N1CCC(C(N)=O)CC1)C(F)(F)F. The predicted molar refractivity (Wildman–Crippen MR) is 76.3 cm³/mol. The molecule has 0 radical (unpaired) electrons. The second kappa shape index (κ2) is 6.42. The number of aryl methyl sites for hydroxylation is 1. The number of likely N-dealkylation sites (tertiary alicyclic amines) is 1. The number of hydrogen-bond acceptors (Lipinski definition) is 4. The lowest BCUT2D eigenvalue weighted by molar-refractivity contribution is -0.272. The van der Waals surface area contributed by atoms with Gasteiger partial charge in [-0.05, 0) is 12.8 Å². The fourth-order valence-electron chi connectivity index (χ4n) is 2.81. The van der Waals surface area contributed by atoms with E-state index in [0.29, 0.717) is 12.8 Å². The van der Waals surface area contributed by atoms with Gasteiger partial charge in [-0.25, -0.2) is 4.98 Å². The van der Waals surface area contributed by atoms with Gasteiger partial charge in [-0.3, -0.25) is 9.59 Å². The number of nitrogens with zero attached hydrogens (tertiary/aromatic N) is 3. The number of rotatable bonds is 4. The zero-order chi connectivity index (χ0) is 18.1. The van der Waals surface area contributed by atoms with Crippen LogP contribution in [0.25, 0.3) is 0 Å². The van der Waals surface area contributed by atoms with Gasteiger partial charge in [0.25, 0.3) is 0 Å². The third-order valence-corrected chi connectivity index (χ3v) is 4.32. The first kappa shape index (κ1) is 18.2. The normalized spacial score (nSPS) is 19.1. The van der Waals surface area contributed by atoms with Gasteiger partial charge in [0.15, 0.2) is 5.82 Å². The first-order valence-electron chi connectivity index (χ1n) is 7.40. The molecular formula is C14H19F3N4O3. The minimum Gasteiger partial charge on any atom is -0.374 e. The molecule has 7 nitrogen and oxygen atoms in total. The van der Waals surface area contributed by atoms with Crippen LogP contribution >= 0.6 is 0 Å². The summed E-state index contributed by atoms with van der Waals surface area (Å²) in [6, 6.07) is 0. The topological polar surface area (TPSA) is 101 Å². The van der Waals surface area contributed by atoms with Crippen molar-refractivity contribution in [1.29, 1.82) is 0 Å². The molecule has 1 aliphatic heterocycles. The fourth-order valence-corrected chi connectivity index (χ4v) is 2.81. The summed E-state index contributed by atoms with van der Waals surface area (Å²) in [5.41, 5.74) is 1.81. The van der Waals surface area contributed by atoms with Crippen LogP contribution < -0.4 is 5.73 Å². The van der Waals surface area contributed by atoms with E-state index in [9.17, 15) is 27.9 Å². The summed E-state index contributed by atoms with van der Waals surface area (Å²) < 4.78 is 41.3. The van der Waals surface area contributed by atoms with E-state index in [1.165, 1.54) is 18.1 Å². The highest BCUT2D eigenvalue weighted by molar-refractivity contribution is 5.79. The predicted octanol–water partition coefficient (Wildman–Crippen LogP) is 0.284. The van der Waals surface area contributed by atoms with Crippen LogP contribution in [0.1, 0.15) is 25.1 Å².